The number of benzene rings is 3. The Hall–Kier alpha value is -3.33. The molecule has 3 N–H and O–H groups in total. The fourth-order valence-corrected chi connectivity index (χ4v) is 4.17. The number of ether oxygens (including phenoxy) is 1. The number of nitrogens with one attached hydrogen (secondary N) is 2. The number of fused-ring (bicyclic) bond motifs is 1. The van der Waals surface area contributed by atoms with E-state index in [2.05, 4.69) is 22.5 Å². The maximum atomic E-state index is 12.6. The number of oxazole rings is 1. The Labute approximate surface area is 210 Å². The fourth-order valence-electron chi connectivity index (χ4n) is 3.32. The lowest BCUT2D eigenvalue weighted by Crippen LogP contribution is -2.34. The number of amides is 1. The van der Waals surface area contributed by atoms with Crippen LogP contribution < -0.4 is 15.4 Å². The zero-order valence-corrected chi connectivity index (χ0v) is 20.4. The maximum Gasteiger partial charge on any atom is 0.257 e. The van der Waals surface area contributed by atoms with Crippen LogP contribution in [-0.2, 0) is 6.42 Å². The summed E-state index contributed by atoms with van der Waals surface area (Å²) in [6.07, 6.45) is 0.876. The number of hydrogen-bond acceptors (Lipinski definition) is 6. The van der Waals surface area contributed by atoms with E-state index in [0.717, 1.165) is 12.0 Å². The molecule has 0 saturated carbocycles. The number of rotatable bonds is 5. The molecule has 0 bridgehead atoms. The molecule has 0 saturated heterocycles. The van der Waals surface area contributed by atoms with Gasteiger partial charge in [0.15, 0.2) is 16.4 Å². The molecular weight excluding hydrogens is 497 g/mol. The van der Waals surface area contributed by atoms with Gasteiger partial charge in [0.05, 0.1) is 22.7 Å². The molecule has 174 valence electrons. The highest BCUT2D eigenvalue weighted by molar-refractivity contribution is 7.80. The lowest BCUT2D eigenvalue weighted by atomic mass is 10.1. The van der Waals surface area contributed by atoms with E-state index in [1.165, 1.54) is 25.3 Å². The van der Waals surface area contributed by atoms with Gasteiger partial charge in [0.1, 0.15) is 11.3 Å². The van der Waals surface area contributed by atoms with E-state index in [1.807, 2.05) is 18.2 Å². The predicted octanol–water partition coefficient (Wildman–Crippen LogP) is 6.21. The second-order valence-corrected chi connectivity index (χ2v) is 8.51. The smallest absolute Gasteiger partial charge is 0.257 e. The standard InChI is InChI=1S/C24H19Cl2N3O4S/c1-3-12-4-7-20-18(8-12)28-23(33-20)15-11-14(5-6-19(15)30)27-24(34)29-22(31)13-9-16(25)21(32-2)17(26)10-13/h4-11,30H,3H2,1-2H3,(H2,27,29,31,34). The summed E-state index contributed by atoms with van der Waals surface area (Å²) in [5.74, 6) is 0.0307. The van der Waals surface area contributed by atoms with E-state index in [9.17, 15) is 9.90 Å². The van der Waals surface area contributed by atoms with Gasteiger partial charge in [0.2, 0.25) is 5.89 Å². The van der Waals surface area contributed by atoms with Gasteiger partial charge in [0.25, 0.3) is 5.91 Å². The topological polar surface area (TPSA) is 96.6 Å². The third-order valence-corrected chi connectivity index (χ3v) is 5.80. The molecule has 0 aliphatic heterocycles. The van der Waals surface area contributed by atoms with Crippen molar-refractivity contribution in [3.63, 3.8) is 0 Å². The van der Waals surface area contributed by atoms with Gasteiger partial charge in [-0.25, -0.2) is 4.98 Å². The second-order valence-electron chi connectivity index (χ2n) is 7.29. The number of aromatic hydroxyl groups is 1. The lowest BCUT2D eigenvalue weighted by molar-refractivity contribution is 0.0977. The lowest BCUT2D eigenvalue weighted by Gasteiger charge is -2.12. The summed E-state index contributed by atoms with van der Waals surface area (Å²) in [6, 6.07) is 13.4. The third-order valence-electron chi connectivity index (χ3n) is 5.04. The molecule has 0 aliphatic carbocycles. The fraction of sp³-hybridized carbons (Fsp3) is 0.125. The highest BCUT2D eigenvalue weighted by atomic mass is 35.5. The summed E-state index contributed by atoms with van der Waals surface area (Å²) in [7, 11) is 1.43. The average Bonchev–Trinajstić information content (AvgIpc) is 3.23. The van der Waals surface area contributed by atoms with Crippen molar-refractivity contribution in [2.45, 2.75) is 13.3 Å². The Morgan fingerprint density at radius 2 is 1.88 bits per heavy atom. The number of aryl methyl sites for hydroxylation is 1. The summed E-state index contributed by atoms with van der Waals surface area (Å²) in [5.41, 5.74) is 3.55. The zero-order chi connectivity index (χ0) is 24.4. The van der Waals surface area contributed by atoms with Crippen LogP contribution in [0.3, 0.4) is 0 Å². The van der Waals surface area contributed by atoms with E-state index in [4.69, 9.17) is 44.6 Å². The van der Waals surface area contributed by atoms with Gasteiger partial charge in [-0.2, -0.15) is 0 Å². The number of methoxy groups -OCH3 is 1. The van der Waals surface area contributed by atoms with Crippen molar-refractivity contribution in [2.24, 2.45) is 0 Å². The van der Waals surface area contributed by atoms with Crippen molar-refractivity contribution in [3.05, 3.63) is 69.7 Å². The number of carbonyl (C=O) groups is 1. The highest BCUT2D eigenvalue weighted by Crippen LogP contribution is 2.35. The zero-order valence-electron chi connectivity index (χ0n) is 18.1. The number of anilines is 1. The van der Waals surface area contributed by atoms with E-state index in [-0.39, 0.29) is 38.1 Å². The van der Waals surface area contributed by atoms with Crippen LogP contribution in [0.1, 0.15) is 22.8 Å². The highest BCUT2D eigenvalue weighted by Gasteiger charge is 2.16. The number of thiocarbonyl (C=S) groups is 1. The SMILES string of the molecule is CCc1ccc2oc(-c3cc(NC(=S)NC(=O)c4cc(Cl)c(OC)c(Cl)c4)ccc3O)nc2c1. The minimum atomic E-state index is -0.506. The average molecular weight is 516 g/mol. The summed E-state index contributed by atoms with van der Waals surface area (Å²) in [5, 5.41) is 16.3. The molecule has 0 radical (unpaired) electrons. The molecule has 1 amide bonds. The number of aromatic nitrogens is 1. The summed E-state index contributed by atoms with van der Waals surface area (Å²) >= 11 is 17.5. The van der Waals surface area contributed by atoms with Crippen molar-refractivity contribution in [2.75, 3.05) is 12.4 Å². The Morgan fingerprint density at radius 3 is 2.56 bits per heavy atom. The van der Waals surface area contributed by atoms with Crippen molar-refractivity contribution in [1.29, 1.82) is 0 Å². The molecule has 0 aliphatic rings. The Balaban J connectivity index is 1.52. The van der Waals surface area contributed by atoms with Crippen molar-refractivity contribution < 1.29 is 19.1 Å². The monoisotopic (exact) mass is 515 g/mol. The van der Waals surface area contributed by atoms with Gasteiger partial charge >= 0.3 is 0 Å². The van der Waals surface area contributed by atoms with Crippen LogP contribution >= 0.6 is 35.4 Å². The number of nitrogens with zero attached hydrogens (tertiary/aromatic N) is 1. The van der Waals surface area contributed by atoms with E-state index >= 15 is 0 Å². The molecule has 0 fully saturated rings. The molecule has 4 rings (SSSR count). The minimum absolute atomic E-state index is 0.00899. The number of hydrogen-bond donors (Lipinski definition) is 3. The number of carbonyl (C=O) groups excluding carboxylic acids is 1. The van der Waals surface area contributed by atoms with Crippen LogP contribution in [0.25, 0.3) is 22.6 Å². The molecule has 3 aromatic carbocycles. The summed E-state index contributed by atoms with van der Waals surface area (Å²) in [6.45, 7) is 2.06. The van der Waals surface area contributed by atoms with Crippen LogP contribution in [0.2, 0.25) is 10.0 Å². The predicted molar refractivity (Wildman–Crippen MR) is 137 cm³/mol. The van der Waals surface area contributed by atoms with Crippen LogP contribution in [0.5, 0.6) is 11.5 Å². The Bertz CT molecular complexity index is 1400. The Morgan fingerprint density at radius 1 is 1.15 bits per heavy atom. The minimum Gasteiger partial charge on any atom is -0.507 e. The number of phenols is 1. The quantitative estimate of drug-likeness (QED) is 0.215. The normalized spacial score (nSPS) is 10.8. The van der Waals surface area contributed by atoms with E-state index < -0.39 is 5.91 Å². The van der Waals surface area contributed by atoms with Crippen LogP contribution in [0.15, 0.2) is 52.9 Å². The van der Waals surface area contributed by atoms with Gasteiger partial charge in [-0.1, -0.05) is 36.2 Å². The molecule has 0 unspecified atom stereocenters. The van der Waals surface area contributed by atoms with Crippen LogP contribution in [0, 0.1) is 0 Å². The number of phenolic OH excluding ortho intramolecular Hbond substituents is 1. The molecule has 1 aromatic heterocycles. The third kappa shape index (κ3) is 4.94. The first-order valence-corrected chi connectivity index (χ1v) is 11.3. The first-order chi connectivity index (χ1) is 16.3. The second kappa shape index (κ2) is 9.89. The van der Waals surface area contributed by atoms with Crippen LogP contribution in [-0.4, -0.2) is 28.2 Å². The molecule has 7 nitrogen and oxygen atoms in total. The molecule has 0 atom stereocenters. The Kier molecular flexibility index (Phi) is 6.92. The van der Waals surface area contributed by atoms with E-state index in [0.29, 0.717) is 22.4 Å². The van der Waals surface area contributed by atoms with Gasteiger partial charge in [-0.15, -0.1) is 0 Å². The van der Waals surface area contributed by atoms with Gasteiger partial charge < -0.3 is 19.6 Å². The molecular formula is C24H19Cl2N3O4S. The first kappa shape index (κ1) is 23.8. The van der Waals surface area contributed by atoms with E-state index in [1.54, 1.807) is 12.1 Å². The summed E-state index contributed by atoms with van der Waals surface area (Å²) < 4.78 is 10.9. The van der Waals surface area contributed by atoms with Gasteiger partial charge in [-0.05, 0) is 66.7 Å². The molecule has 10 heteroatoms. The first-order valence-electron chi connectivity index (χ1n) is 10.2. The van der Waals surface area contributed by atoms with Gasteiger partial charge in [-0.3, -0.25) is 10.1 Å². The molecule has 1 heterocycles. The van der Waals surface area contributed by atoms with Crippen molar-refractivity contribution >= 4 is 63.2 Å². The maximum absolute atomic E-state index is 12.6. The van der Waals surface area contributed by atoms with Gasteiger partial charge in [0, 0.05) is 11.3 Å². The summed E-state index contributed by atoms with van der Waals surface area (Å²) in [4.78, 5) is 17.1. The molecule has 4 aromatic rings. The van der Waals surface area contributed by atoms with Crippen molar-refractivity contribution in [1.82, 2.24) is 10.3 Å². The largest absolute Gasteiger partial charge is 0.507 e. The van der Waals surface area contributed by atoms with Crippen LogP contribution in [0.4, 0.5) is 5.69 Å². The van der Waals surface area contributed by atoms with Crippen molar-refractivity contribution in [3.8, 4) is 23.0 Å². The molecule has 0 spiro atoms. The number of halogens is 2. The molecule has 34 heavy (non-hydrogen) atoms.